The van der Waals surface area contributed by atoms with E-state index >= 15 is 4.39 Å². The van der Waals surface area contributed by atoms with Crippen LogP contribution in [0.5, 0.6) is 11.9 Å². The van der Waals surface area contributed by atoms with Gasteiger partial charge in [0.15, 0.2) is 5.82 Å². The van der Waals surface area contributed by atoms with Gasteiger partial charge in [-0.15, -0.1) is 0 Å². The molecule has 4 fully saturated rings. The van der Waals surface area contributed by atoms with Crippen molar-refractivity contribution >= 4 is 27.5 Å². The zero-order valence-electron chi connectivity index (χ0n) is 23.5. The second-order valence-electron chi connectivity index (χ2n) is 12.7. The molecule has 2 bridgehead atoms. The molecular formula is C32H31F3N6O2. The molecule has 5 aliphatic heterocycles. The van der Waals surface area contributed by atoms with E-state index in [1.165, 1.54) is 12.1 Å². The first-order valence-electron chi connectivity index (χ1n) is 15.2. The summed E-state index contributed by atoms with van der Waals surface area (Å²) in [6, 6.07) is 10.3. The Morgan fingerprint density at radius 1 is 1.09 bits per heavy atom. The Bertz CT molecular complexity index is 1790. The van der Waals surface area contributed by atoms with Crippen molar-refractivity contribution in [2.24, 2.45) is 0 Å². The fourth-order valence-electron chi connectivity index (χ4n) is 8.27. The van der Waals surface area contributed by atoms with Gasteiger partial charge in [0, 0.05) is 37.2 Å². The molecule has 5 aliphatic rings. The topological polar surface area (TPSA) is 75.6 Å². The number of alkyl halides is 1. The Labute approximate surface area is 246 Å². The van der Waals surface area contributed by atoms with Crippen LogP contribution in [0.25, 0.3) is 32.9 Å². The molecule has 3 unspecified atom stereocenters. The van der Waals surface area contributed by atoms with E-state index in [1.54, 1.807) is 24.3 Å². The Morgan fingerprint density at radius 2 is 2.02 bits per heavy atom. The highest BCUT2D eigenvalue weighted by molar-refractivity contribution is 6.01. The first-order chi connectivity index (χ1) is 21.0. The lowest BCUT2D eigenvalue weighted by atomic mass is 9.95. The van der Waals surface area contributed by atoms with Gasteiger partial charge in [-0.25, -0.2) is 18.2 Å². The summed E-state index contributed by atoms with van der Waals surface area (Å²) < 4.78 is 57.9. The molecule has 2 aromatic carbocycles. The molecule has 0 radical (unpaired) electrons. The van der Waals surface area contributed by atoms with Gasteiger partial charge in [0.05, 0.1) is 11.6 Å². The molecule has 7 heterocycles. The van der Waals surface area contributed by atoms with E-state index in [2.05, 4.69) is 20.1 Å². The predicted molar refractivity (Wildman–Crippen MR) is 155 cm³/mol. The third kappa shape index (κ3) is 3.93. The Morgan fingerprint density at radius 3 is 2.95 bits per heavy atom. The van der Waals surface area contributed by atoms with Crippen molar-refractivity contribution < 1.29 is 22.6 Å². The number of rotatable bonds is 4. The quantitative estimate of drug-likeness (QED) is 0.365. The number of pyridine rings is 1. The van der Waals surface area contributed by atoms with Crippen molar-refractivity contribution in [3.8, 4) is 23.1 Å². The highest BCUT2D eigenvalue weighted by atomic mass is 19.1. The molecule has 11 heteroatoms. The highest BCUT2D eigenvalue weighted by Crippen LogP contribution is 2.44. The molecule has 0 spiro atoms. The molecule has 1 N–H and O–H groups in total. The van der Waals surface area contributed by atoms with Crippen molar-refractivity contribution in [3.63, 3.8) is 0 Å². The summed E-state index contributed by atoms with van der Waals surface area (Å²) in [5.74, 6) is -0.153. The number of hydrogen-bond acceptors (Lipinski definition) is 8. The number of aromatic nitrogens is 3. The number of nitrogens with zero attached hydrogens (tertiary/aromatic N) is 5. The van der Waals surface area contributed by atoms with Crippen LogP contribution in [0.2, 0.25) is 0 Å². The van der Waals surface area contributed by atoms with Crippen LogP contribution >= 0.6 is 0 Å². The molecule has 8 nitrogen and oxygen atoms in total. The molecular weight excluding hydrogens is 557 g/mol. The number of hydrogen-bond donors (Lipinski definition) is 1. The van der Waals surface area contributed by atoms with Gasteiger partial charge in [0.25, 0.3) is 0 Å². The maximum absolute atomic E-state index is 16.8. The fourth-order valence-corrected chi connectivity index (χ4v) is 8.27. The van der Waals surface area contributed by atoms with Gasteiger partial charge < -0.3 is 19.7 Å². The normalized spacial score (nSPS) is 29.5. The van der Waals surface area contributed by atoms with Gasteiger partial charge in [-0.05, 0) is 55.1 Å². The van der Waals surface area contributed by atoms with Crippen LogP contribution in [0.1, 0.15) is 32.1 Å². The van der Waals surface area contributed by atoms with Crippen molar-refractivity contribution in [2.45, 2.75) is 61.9 Å². The van der Waals surface area contributed by atoms with Crippen molar-refractivity contribution in [1.82, 2.24) is 25.2 Å². The van der Waals surface area contributed by atoms with Gasteiger partial charge in [0.2, 0.25) is 5.88 Å². The largest absolute Gasteiger partial charge is 0.475 e. The predicted octanol–water partition coefficient (Wildman–Crippen LogP) is 4.78. The number of ether oxygens (including phenoxy) is 2. The molecule has 9 rings (SSSR count). The molecule has 5 atom stereocenters. The summed E-state index contributed by atoms with van der Waals surface area (Å²) in [5.41, 5.74) is 0.270. The lowest BCUT2D eigenvalue weighted by molar-refractivity contribution is 0.107. The maximum atomic E-state index is 16.8. The Kier molecular flexibility index (Phi) is 5.63. The van der Waals surface area contributed by atoms with E-state index in [4.69, 9.17) is 19.4 Å². The SMILES string of the molecule is Fc1ccc2c(-c3nc4c5c(nc(OC[C@@]67CCCN6C[C@H](F)C7)nc5c3F)N3CC5CCC(N5)C3CO4)cccc2c1. The third-order valence-corrected chi connectivity index (χ3v) is 10.3. The summed E-state index contributed by atoms with van der Waals surface area (Å²) in [5, 5.41) is 5.43. The zero-order chi connectivity index (χ0) is 28.9. The highest BCUT2D eigenvalue weighted by Gasteiger charge is 2.50. The van der Waals surface area contributed by atoms with Crippen LogP contribution in [-0.2, 0) is 0 Å². The summed E-state index contributed by atoms with van der Waals surface area (Å²) in [6.07, 6.45) is 3.44. The van der Waals surface area contributed by atoms with Gasteiger partial charge in [0.1, 0.15) is 47.6 Å². The second-order valence-corrected chi connectivity index (χ2v) is 12.7. The van der Waals surface area contributed by atoms with Crippen molar-refractivity contribution in [1.29, 1.82) is 0 Å². The summed E-state index contributed by atoms with van der Waals surface area (Å²) >= 11 is 0. The smallest absolute Gasteiger partial charge is 0.319 e. The van der Waals surface area contributed by atoms with Crippen LogP contribution in [0.3, 0.4) is 0 Å². The van der Waals surface area contributed by atoms with Crippen LogP contribution < -0.4 is 19.7 Å². The first-order valence-corrected chi connectivity index (χ1v) is 15.2. The minimum atomic E-state index is -0.886. The molecule has 43 heavy (non-hydrogen) atoms. The van der Waals surface area contributed by atoms with E-state index < -0.39 is 17.5 Å². The summed E-state index contributed by atoms with van der Waals surface area (Å²) in [7, 11) is 0. The van der Waals surface area contributed by atoms with Crippen LogP contribution in [0.4, 0.5) is 19.0 Å². The standard InChI is InChI=1S/C32H31F3N6O2/c33-18-5-7-21-17(11-18)3-1-4-22(21)27-26(35)28-25-29(41-14-20-6-8-23(36-20)24(41)15-42-30(25)37-27)39-31(38-28)43-16-32-9-2-10-40(32)13-19(34)12-32/h1,3-5,7,11,19-20,23-24,36H,2,6,8-10,12-16H2/t19-,20?,23?,24?,32+/m1/s1. The summed E-state index contributed by atoms with van der Waals surface area (Å²) in [6.45, 7) is 2.57. The van der Waals surface area contributed by atoms with Gasteiger partial charge >= 0.3 is 6.01 Å². The van der Waals surface area contributed by atoms with Crippen LogP contribution in [0, 0.1) is 11.6 Å². The minimum Gasteiger partial charge on any atom is -0.475 e. The van der Waals surface area contributed by atoms with Gasteiger partial charge in [-0.2, -0.15) is 9.97 Å². The van der Waals surface area contributed by atoms with E-state index in [1.807, 2.05) is 0 Å². The second kappa shape index (κ2) is 9.40. The number of nitrogens with one attached hydrogen (secondary N) is 1. The number of fused-ring (bicyclic) bond motifs is 7. The number of piperazine rings is 1. The zero-order valence-corrected chi connectivity index (χ0v) is 23.5. The average Bonchev–Trinajstić information content (AvgIpc) is 3.64. The van der Waals surface area contributed by atoms with E-state index in [9.17, 15) is 8.78 Å². The molecule has 4 aromatic rings. The molecule has 2 aromatic heterocycles. The molecule has 0 amide bonds. The summed E-state index contributed by atoms with van der Waals surface area (Å²) in [4.78, 5) is 18.7. The average molecular weight is 589 g/mol. The molecule has 0 aliphatic carbocycles. The fraction of sp³-hybridized carbons (Fsp3) is 0.469. The molecule has 222 valence electrons. The molecule has 0 saturated carbocycles. The van der Waals surface area contributed by atoms with Crippen LogP contribution in [-0.4, -0.2) is 82.5 Å². The van der Waals surface area contributed by atoms with Crippen molar-refractivity contribution in [3.05, 3.63) is 48.0 Å². The number of halogens is 3. The monoisotopic (exact) mass is 588 g/mol. The van der Waals surface area contributed by atoms with Crippen molar-refractivity contribution in [2.75, 3.05) is 37.7 Å². The first kappa shape index (κ1) is 25.8. The Hall–Kier alpha value is -3.70. The number of benzene rings is 2. The van der Waals surface area contributed by atoms with Crippen LogP contribution in [0.15, 0.2) is 36.4 Å². The maximum Gasteiger partial charge on any atom is 0.319 e. The Balaban J connectivity index is 1.21. The van der Waals surface area contributed by atoms with E-state index in [-0.39, 0.29) is 47.6 Å². The minimum absolute atomic E-state index is 0.0167. The lowest BCUT2D eigenvalue weighted by Crippen LogP contribution is -2.60. The van der Waals surface area contributed by atoms with Gasteiger partial charge in [-0.3, -0.25) is 4.90 Å². The lowest BCUT2D eigenvalue weighted by Gasteiger charge is -2.40. The molecule has 4 saturated heterocycles. The number of anilines is 1. The van der Waals surface area contributed by atoms with Gasteiger partial charge in [-0.1, -0.05) is 24.3 Å². The third-order valence-electron chi connectivity index (χ3n) is 10.3. The van der Waals surface area contributed by atoms with E-state index in [0.29, 0.717) is 59.7 Å². The van der Waals surface area contributed by atoms with E-state index in [0.717, 1.165) is 32.2 Å².